The van der Waals surface area contributed by atoms with Crippen molar-refractivity contribution in [2.75, 3.05) is 27.4 Å². The van der Waals surface area contributed by atoms with Crippen molar-refractivity contribution in [2.45, 2.75) is 12.3 Å². The molecular weight excluding hydrogens is 220 g/mol. The normalized spacial score (nSPS) is 17.1. The fourth-order valence-electron chi connectivity index (χ4n) is 2.23. The van der Waals surface area contributed by atoms with Gasteiger partial charge in [-0.25, -0.2) is 0 Å². The number of hydrogen-bond donors (Lipinski definition) is 0. The number of ether oxygens (including phenoxy) is 3. The topological polar surface area (TPSA) is 44.8 Å². The third-order valence-corrected chi connectivity index (χ3v) is 3.17. The summed E-state index contributed by atoms with van der Waals surface area (Å²) in [6.45, 7) is 2.78. The molecule has 0 radical (unpaired) electrons. The van der Waals surface area contributed by atoms with Crippen molar-refractivity contribution in [3.8, 4) is 11.5 Å². The smallest absolute Gasteiger partial charge is 0.135 e. The first-order chi connectivity index (χ1) is 8.16. The molecule has 1 aromatic rings. The van der Waals surface area contributed by atoms with Gasteiger partial charge < -0.3 is 19.0 Å². The molecule has 0 unspecified atom stereocenters. The van der Waals surface area contributed by atoms with E-state index in [1.165, 1.54) is 0 Å². The summed E-state index contributed by atoms with van der Waals surface area (Å²) in [7, 11) is 3.20. The lowest BCUT2D eigenvalue weighted by Gasteiger charge is -2.38. The second-order valence-electron chi connectivity index (χ2n) is 4.29. The van der Waals surface area contributed by atoms with Crippen LogP contribution < -0.4 is 9.47 Å². The van der Waals surface area contributed by atoms with Gasteiger partial charge in [0.1, 0.15) is 23.2 Å². The number of aldehydes is 1. The van der Waals surface area contributed by atoms with Gasteiger partial charge in [0, 0.05) is 11.6 Å². The fourth-order valence-corrected chi connectivity index (χ4v) is 2.23. The molecule has 1 aliphatic heterocycles. The highest BCUT2D eigenvalue weighted by Gasteiger charge is 2.43. The van der Waals surface area contributed by atoms with E-state index in [0.29, 0.717) is 19.0 Å². The summed E-state index contributed by atoms with van der Waals surface area (Å²) in [6, 6.07) is 3.70. The third-order valence-electron chi connectivity index (χ3n) is 3.17. The van der Waals surface area contributed by atoms with Gasteiger partial charge in [-0.15, -0.1) is 0 Å². The average molecular weight is 236 g/mol. The standard InChI is InChI=1S/C13H16O4/c1-9-4-10(15-2)5-11(16-3)12(9)13(6-14)7-17-8-13/h4-6H,7-8H2,1-3H3. The molecule has 17 heavy (non-hydrogen) atoms. The van der Waals surface area contributed by atoms with Crippen LogP contribution in [-0.2, 0) is 14.9 Å². The van der Waals surface area contributed by atoms with Gasteiger partial charge in [-0.1, -0.05) is 0 Å². The molecule has 1 fully saturated rings. The van der Waals surface area contributed by atoms with Crippen LogP contribution in [0.15, 0.2) is 12.1 Å². The van der Waals surface area contributed by atoms with Crippen molar-refractivity contribution in [1.29, 1.82) is 0 Å². The molecule has 92 valence electrons. The van der Waals surface area contributed by atoms with Crippen LogP contribution in [0.4, 0.5) is 0 Å². The number of hydrogen-bond acceptors (Lipinski definition) is 4. The van der Waals surface area contributed by atoms with Gasteiger partial charge in [0.05, 0.1) is 27.4 Å². The number of aryl methyl sites for hydroxylation is 1. The highest BCUT2D eigenvalue weighted by Crippen LogP contribution is 2.40. The van der Waals surface area contributed by atoms with Crippen molar-refractivity contribution < 1.29 is 19.0 Å². The first kappa shape index (κ1) is 11.9. The van der Waals surface area contributed by atoms with Crippen LogP contribution in [0, 0.1) is 6.92 Å². The number of rotatable bonds is 4. The molecular formula is C13H16O4. The molecule has 2 rings (SSSR count). The summed E-state index contributed by atoms with van der Waals surface area (Å²) in [5.41, 5.74) is 1.33. The van der Waals surface area contributed by atoms with E-state index in [9.17, 15) is 4.79 Å². The molecule has 0 aromatic heterocycles. The molecule has 1 aliphatic rings. The number of carbonyl (C=O) groups is 1. The van der Waals surface area contributed by atoms with Crippen LogP contribution in [0.3, 0.4) is 0 Å². The third kappa shape index (κ3) is 1.78. The van der Waals surface area contributed by atoms with Gasteiger partial charge in [-0.2, -0.15) is 0 Å². The summed E-state index contributed by atoms with van der Waals surface area (Å²) in [4.78, 5) is 11.3. The van der Waals surface area contributed by atoms with E-state index >= 15 is 0 Å². The number of benzene rings is 1. The van der Waals surface area contributed by atoms with E-state index in [1.54, 1.807) is 20.3 Å². The first-order valence-corrected chi connectivity index (χ1v) is 5.44. The molecule has 0 aliphatic carbocycles. The van der Waals surface area contributed by atoms with Gasteiger partial charge in [0.25, 0.3) is 0 Å². The van der Waals surface area contributed by atoms with E-state index in [4.69, 9.17) is 14.2 Å². The highest BCUT2D eigenvalue weighted by molar-refractivity contribution is 5.74. The molecule has 0 saturated carbocycles. The van der Waals surface area contributed by atoms with Crippen LogP contribution in [0.5, 0.6) is 11.5 Å². The van der Waals surface area contributed by atoms with Crippen molar-refractivity contribution in [2.24, 2.45) is 0 Å². The van der Waals surface area contributed by atoms with Crippen molar-refractivity contribution in [3.05, 3.63) is 23.3 Å². The molecule has 1 heterocycles. The molecule has 1 saturated heterocycles. The monoisotopic (exact) mass is 236 g/mol. The Bertz CT molecular complexity index is 435. The van der Waals surface area contributed by atoms with Crippen LogP contribution in [0.2, 0.25) is 0 Å². The van der Waals surface area contributed by atoms with Gasteiger partial charge in [0.2, 0.25) is 0 Å². The van der Waals surface area contributed by atoms with E-state index < -0.39 is 5.41 Å². The summed E-state index contributed by atoms with van der Waals surface area (Å²) in [5.74, 6) is 1.40. The average Bonchev–Trinajstić information content (AvgIpc) is 2.29. The summed E-state index contributed by atoms with van der Waals surface area (Å²) >= 11 is 0. The Balaban J connectivity index is 2.56. The van der Waals surface area contributed by atoms with E-state index in [-0.39, 0.29) is 0 Å². The Morgan fingerprint density at radius 3 is 2.41 bits per heavy atom. The Kier molecular flexibility index (Phi) is 3.07. The second kappa shape index (κ2) is 4.37. The highest BCUT2D eigenvalue weighted by atomic mass is 16.5. The molecule has 0 N–H and O–H groups in total. The molecule has 0 atom stereocenters. The maximum absolute atomic E-state index is 11.3. The van der Waals surface area contributed by atoms with Crippen LogP contribution >= 0.6 is 0 Å². The minimum atomic E-state index is -0.554. The molecule has 4 nitrogen and oxygen atoms in total. The Hall–Kier alpha value is -1.55. The maximum atomic E-state index is 11.3. The van der Waals surface area contributed by atoms with Crippen molar-refractivity contribution in [3.63, 3.8) is 0 Å². The first-order valence-electron chi connectivity index (χ1n) is 5.44. The lowest BCUT2D eigenvalue weighted by Crippen LogP contribution is -2.48. The summed E-state index contributed by atoms with van der Waals surface area (Å²) < 4.78 is 15.7. The molecule has 4 heteroatoms. The summed E-state index contributed by atoms with van der Waals surface area (Å²) in [6.07, 6.45) is 0.952. The molecule has 0 amide bonds. The Morgan fingerprint density at radius 1 is 1.29 bits per heavy atom. The zero-order valence-corrected chi connectivity index (χ0v) is 10.3. The van der Waals surface area contributed by atoms with Crippen LogP contribution in [-0.4, -0.2) is 33.7 Å². The van der Waals surface area contributed by atoms with Crippen LogP contribution in [0.1, 0.15) is 11.1 Å². The lowest BCUT2D eigenvalue weighted by atomic mass is 9.77. The van der Waals surface area contributed by atoms with Gasteiger partial charge >= 0.3 is 0 Å². The van der Waals surface area contributed by atoms with E-state index in [2.05, 4.69) is 0 Å². The van der Waals surface area contributed by atoms with Crippen molar-refractivity contribution >= 4 is 6.29 Å². The quantitative estimate of drug-likeness (QED) is 0.743. The minimum Gasteiger partial charge on any atom is -0.497 e. The SMILES string of the molecule is COc1cc(C)c(C2(C=O)COC2)c(OC)c1. The number of methoxy groups -OCH3 is 2. The van der Waals surface area contributed by atoms with Crippen LogP contribution in [0.25, 0.3) is 0 Å². The predicted molar refractivity (Wildman–Crippen MR) is 62.8 cm³/mol. The minimum absolute atomic E-state index is 0.417. The van der Waals surface area contributed by atoms with Gasteiger partial charge in [-0.3, -0.25) is 0 Å². The lowest BCUT2D eigenvalue weighted by molar-refractivity contribution is -0.130. The molecule has 1 aromatic carbocycles. The summed E-state index contributed by atoms with van der Waals surface area (Å²) in [5, 5.41) is 0. The Morgan fingerprint density at radius 2 is 2.00 bits per heavy atom. The van der Waals surface area contributed by atoms with E-state index in [0.717, 1.165) is 23.2 Å². The second-order valence-corrected chi connectivity index (χ2v) is 4.29. The van der Waals surface area contributed by atoms with E-state index in [1.807, 2.05) is 13.0 Å². The fraction of sp³-hybridized carbons (Fsp3) is 0.462. The largest absolute Gasteiger partial charge is 0.497 e. The predicted octanol–water partition coefficient (Wildman–Crippen LogP) is 1.48. The molecule has 0 bridgehead atoms. The number of carbonyl (C=O) groups excluding carboxylic acids is 1. The van der Waals surface area contributed by atoms with Gasteiger partial charge in [-0.05, 0) is 18.6 Å². The van der Waals surface area contributed by atoms with Crippen molar-refractivity contribution in [1.82, 2.24) is 0 Å². The van der Waals surface area contributed by atoms with Gasteiger partial charge in [0.15, 0.2) is 0 Å². The zero-order chi connectivity index (χ0) is 12.5. The maximum Gasteiger partial charge on any atom is 0.135 e. The Labute approximate surface area is 100 Å². The molecule has 0 spiro atoms. The zero-order valence-electron chi connectivity index (χ0n) is 10.3.